The average Bonchev–Trinajstić information content (AvgIpc) is 3.06. The van der Waals surface area contributed by atoms with Crippen LogP contribution >= 0.6 is 27.5 Å². The second-order valence-corrected chi connectivity index (χ2v) is 9.10. The Hall–Kier alpha value is -3.03. The molecular weight excluding hydrogens is 510 g/mol. The molecule has 0 aromatic heterocycles. The van der Waals surface area contributed by atoms with E-state index < -0.39 is 12.1 Å². The molecule has 0 spiro atoms. The molecule has 3 aromatic carbocycles. The molecule has 1 aliphatic heterocycles. The highest BCUT2D eigenvalue weighted by Gasteiger charge is 2.39. The van der Waals surface area contributed by atoms with Crippen LogP contribution in [0.5, 0.6) is 11.5 Å². The molecule has 170 valence electrons. The van der Waals surface area contributed by atoms with Crippen LogP contribution in [0.4, 0.5) is 4.79 Å². The Morgan fingerprint density at radius 3 is 2.61 bits per heavy atom. The van der Waals surface area contributed by atoms with Gasteiger partial charge in [0.2, 0.25) is 0 Å². The summed E-state index contributed by atoms with van der Waals surface area (Å²) in [6.07, 6.45) is -0.903. The number of carboxylic acids is 1. The Kier molecular flexibility index (Phi) is 6.91. The molecule has 8 heteroatoms. The van der Waals surface area contributed by atoms with Crippen molar-refractivity contribution in [3.8, 4) is 11.5 Å². The molecule has 33 heavy (non-hydrogen) atoms. The van der Waals surface area contributed by atoms with Crippen LogP contribution in [0.15, 0.2) is 71.2 Å². The molecule has 1 fully saturated rings. The molecule has 3 aromatic rings. The first-order valence-corrected chi connectivity index (χ1v) is 11.5. The molecule has 0 radical (unpaired) electrons. The quantitative estimate of drug-likeness (QED) is 0.372. The number of hydrogen-bond donors (Lipinski definition) is 1. The fraction of sp³-hybridized carbons (Fsp3) is 0.200. The van der Waals surface area contributed by atoms with Gasteiger partial charge in [0.25, 0.3) is 0 Å². The molecule has 1 saturated heterocycles. The minimum atomic E-state index is -0.942. The van der Waals surface area contributed by atoms with E-state index in [9.17, 15) is 9.59 Å². The highest BCUT2D eigenvalue weighted by molar-refractivity contribution is 9.10. The van der Waals surface area contributed by atoms with Crippen LogP contribution in [0.2, 0.25) is 5.02 Å². The van der Waals surface area contributed by atoms with E-state index >= 15 is 0 Å². The van der Waals surface area contributed by atoms with Gasteiger partial charge >= 0.3 is 12.1 Å². The molecule has 0 unspecified atom stereocenters. The standard InChI is InChI=1S/C25H21BrClNO5/c1-15-24(17-5-3-2-4-6-17)33-25(31)28(15)14-18-13-19(26)8-10-21(18)32-22-11-16(12-23(29)30)7-9-20(22)27/h2-11,13,15,24H,12,14H2,1H3,(H,29,30)/t15-,24-/m1/s1. The monoisotopic (exact) mass is 529 g/mol. The molecule has 2 atom stereocenters. The molecule has 0 saturated carbocycles. The van der Waals surface area contributed by atoms with Gasteiger partial charge in [0, 0.05) is 10.0 Å². The van der Waals surface area contributed by atoms with E-state index in [0.717, 1.165) is 15.6 Å². The molecule has 6 nitrogen and oxygen atoms in total. The molecule has 1 amide bonds. The van der Waals surface area contributed by atoms with Crippen LogP contribution in [0.3, 0.4) is 0 Å². The van der Waals surface area contributed by atoms with Crippen molar-refractivity contribution >= 4 is 39.6 Å². The van der Waals surface area contributed by atoms with E-state index in [1.165, 1.54) is 0 Å². The maximum atomic E-state index is 12.7. The molecular formula is C25H21BrClNO5. The lowest BCUT2D eigenvalue weighted by molar-refractivity contribution is -0.136. The van der Waals surface area contributed by atoms with Crippen molar-refractivity contribution in [3.05, 3.63) is 92.9 Å². The lowest BCUT2D eigenvalue weighted by atomic mass is 10.0. The molecule has 0 aliphatic carbocycles. The van der Waals surface area contributed by atoms with Gasteiger partial charge in [0.15, 0.2) is 0 Å². The minimum absolute atomic E-state index is 0.140. The van der Waals surface area contributed by atoms with E-state index in [1.807, 2.05) is 49.4 Å². The summed E-state index contributed by atoms with van der Waals surface area (Å²) in [5.74, 6) is -0.0870. The Labute approximate surface area is 204 Å². The van der Waals surface area contributed by atoms with Crippen LogP contribution in [0.25, 0.3) is 0 Å². The lowest BCUT2D eigenvalue weighted by Gasteiger charge is -2.22. The zero-order valence-electron chi connectivity index (χ0n) is 17.7. The van der Waals surface area contributed by atoms with Crippen LogP contribution < -0.4 is 4.74 Å². The number of aliphatic carboxylic acids is 1. The van der Waals surface area contributed by atoms with E-state index in [1.54, 1.807) is 29.2 Å². The predicted molar refractivity (Wildman–Crippen MR) is 128 cm³/mol. The van der Waals surface area contributed by atoms with Crippen molar-refractivity contribution in [2.45, 2.75) is 32.0 Å². The summed E-state index contributed by atoms with van der Waals surface area (Å²) in [6, 6.07) is 19.8. The van der Waals surface area contributed by atoms with Gasteiger partial charge in [-0.1, -0.05) is 63.9 Å². The SMILES string of the molecule is C[C@@H]1[C@H](c2ccccc2)OC(=O)N1Cc1cc(Br)ccc1Oc1cc(CC(=O)O)ccc1Cl. The summed E-state index contributed by atoms with van der Waals surface area (Å²) in [6.45, 7) is 2.22. The van der Waals surface area contributed by atoms with Crippen molar-refractivity contribution in [1.29, 1.82) is 0 Å². The molecule has 4 rings (SSSR count). The first-order chi connectivity index (χ1) is 15.8. The number of carbonyl (C=O) groups is 2. The second-order valence-electron chi connectivity index (χ2n) is 7.77. The summed E-state index contributed by atoms with van der Waals surface area (Å²) in [5, 5.41) is 9.43. The number of benzene rings is 3. The van der Waals surface area contributed by atoms with Gasteiger partial charge in [-0.15, -0.1) is 0 Å². The fourth-order valence-electron chi connectivity index (χ4n) is 3.79. The summed E-state index contributed by atoms with van der Waals surface area (Å²) >= 11 is 9.79. The first kappa shape index (κ1) is 23.1. The van der Waals surface area contributed by atoms with Crippen LogP contribution in [0.1, 0.15) is 29.7 Å². The lowest BCUT2D eigenvalue weighted by Crippen LogP contribution is -2.31. The smallest absolute Gasteiger partial charge is 0.411 e. The van der Waals surface area contributed by atoms with Crippen molar-refractivity contribution in [1.82, 2.24) is 4.90 Å². The molecule has 1 aliphatic rings. The predicted octanol–water partition coefficient (Wildman–Crippen LogP) is 6.60. The molecule has 1 N–H and O–H groups in total. The summed E-state index contributed by atoms with van der Waals surface area (Å²) < 4.78 is 12.6. The number of nitrogens with zero attached hydrogens (tertiary/aromatic N) is 1. The van der Waals surface area contributed by atoms with E-state index in [2.05, 4.69) is 15.9 Å². The van der Waals surface area contributed by atoms with E-state index in [-0.39, 0.29) is 25.1 Å². The Balaban J connectivity index is 1.59. The number of carboxylic acid groups (broad SMARTS) is 1. The number of carbonyl (C=O) groups excluding carboxylic acids is 1. The number of halogens is 2. The third-order valence-corrected chi connectivity index (χ3v) is 6.26. The fourth-order valence-corrected chi connectivity index (χ4v) is 4.35. The van der Waals surface area contributed by atoms with Crippen molar-refractivity contribution < 1.29 is 24.2 Å². The number of rotatable bonds is 7. The zero-order chi connectivity index (χ0) is 23.5. The number of amides is 1. The number of ether oxygens (including phenoxy) is 2. The van der Waals surface area contributed by atoms with Gasteiger partial charge < -0.3 is 14.6 Å². The Bertz CT molecular complexity index is 1190. The topological polar surface area (TPSA) is 76.1 Å². The van der Waals surface area contributed by atoms with Crippen molar-refractivity contribution in [2.75, 3.05) is 0 Å². The minimum Gasteiger partial charge on any atom is -0.481 e. The highest BCUT2D eigenvalue weighted by atomic mass is 79.9. The van der Waals surface area contributed by atoms with Gasteiger partial charge in [-0.3, -0.25) is 9.69 Å². The number of cyclic esters (lactones) is 1. The Morgan fingerprint density at radius 1 is 1.12 bits per heavy atom. The maximum Gasteiger partial charge on any atom is 0.411 e. The Morgan fingerprint density at radius 2 is 1.88 bits per heavy atom. The van der Waals surface area contributed by atoms with Gasteiger partial charge in [0.1, 0.15) is 17.6 Å². The van der Waals surface area contributed by atoms with Crippen molar-refractivity contribution in [2.24, 2.45) is 0 Å². The summed E-state index contributed by atoms with van der Waals surface area (Å²) in [5.41, 5.74) is 2.26. The first-order valence-electron chi connectivity index (χ1n) is 10.3. The molecule has 1 heterocycles. The van der Waals surface area contributed by atoms with Crippen LogP contribution in [-0.2, 0) is 22.5 Å². The largest absolute Gasteiger partial charge is 0.481 e. The van der Waals surface area contributed by atoms with Gasteiger partial charge in [-0.25, -0.2) is 4.79 Å². The summed E-state index contributed by atoms with van der Waals surface area (Å²) in [4.78, 5) is 25.4. The van der Waals surface area contributed by atoms with Gasteiger partial charge in [-0.05, 0) is 48.4 Å². The second kappa shape index (κ2) is 9.85. The third kappa shape index (κ3) is 5.31. The van der Waals surface area contributed by atoms with Gasteiger partial charge in [-0.2, -0.15) is 0 Å². The number of hydrogen-bond acceptors (Lipinski definition) is 4. The van der Waals surface area contributed by atoms with E-state index in [4.69, 9.17) is 26.2 Å². The average molecular weight is 531 g/mol. The van der Waals surface area contributed by atoms with E-state index in [0.29, 0.717) is 22.1 Å². The maximum absolute atomic E-state index is 12.7. The third-order valence-electron chi connectivity index (χ3n) is 5.45. The normalized spacial score (nSPS) is 17.7. The molecule has 0 bridgehead atoms. The summed E-state index contributed by atoms with van der Waals surface area (Å²) in [7, 11) is 0. The van der Waals surface area contributed by atoms with Crippen LogP contribution in [0, 0.1) is 0 Å². The zero-order valence-corrected chi connectivity index (χ0v) is 20.0. The van der Waals surface area contributed by atoms with Gasteiger partial charge in [0.05, 0.1) is 24.0 Å². The van der Waals surface area contributed by atoms with Crippen molar-refractivity contribution in [3.63, 3.8) is 0 Å². The van der Waals surface area contributed by atoms with Crippen LogP contribution in [-0.4, -0.2) is 28.1 Å². The highest BCUT2D eigenvalue weighted by Crippen LogP contribution is 2.37.